The lowest BCUT2D eigenvalue weighted by Crippen LogP contribution is -2.58. The van der Waals surface area contributed by atoms with E-state index in [2.05, 4.69) is 32.0 Å². The summed E-state index contributed by atoms with van der Waals surface area (Å²) in [6.45, 7) is 6.41. The highest BCUT2D eigenvalue weighted by atomic mass is 19.1. The van der Waals surface area contributed by atoms with Gasteiger partial charge in [0.1, 0.15) is 12.3 Å². The number of nitrogens with one attached hydrogen (secondary N) is 1. The van der Waals surface area contributed by atoms with Crippen molar-refractivity contribution >= 4 is 23.5 Å². The number of alkyl halides is 1. The summed E-state index contributed by atoms with van der Waals surface area (Å²) in [5.41, 5.74) is 2.19. The maximum absolute atomic E-state index is 13.6. The summed E-state index contributed by atoms with van der Waals surface area (Å²) < 4.78 is 13.3. The number of aliphatic imine (C=N–C) groups is 1. The Morgan fingerprint density at radius 2 is 1.85 bits per heavy atom. The van der Waals surface area contributed by atoms with Gasteiger partial charge in [-0.1, -0.05) is 45.1 Å². The second kappa shape index (κ2) is 15.8. The predicted octanol–water partition coefficient (Wildman–Crippen LogP) is 5.37. The maximum Gasteiger partial charge on any atom is 0.305 e. The quantitative estimate of drug-likeness (QED) is 0.285. The van der Waals surface area contributed by atoms with E-state index in [1.54, 1.807) is 12.1 Å². The van der Waals surface area contributed by atoms with Crippen LogP contribution in [0.1, 0.15) is 75.2 Å². The smallest absolute Gasteiger partial charge is 0.305 e. The molecular weight excluding hydrogens is 509 g/mol. The van der Waals surface area contributed by atoms with Crippen molar-refractivity contribution in [1.29, 1.82) is 0 Å². The lowest BCUT2D eigenvalue weighted by molar-refractivity contribution is -0.140. The molecule has 1 saturated carbocycles. The highest BCUT2D eigenvalue weighted by Gasteiger charge is 2.47. The molecule has 8 heteroatoms. The summed E-state index contributed by atoms with van der Waals surface area (Å²) in [4.78, 5) is 43.6. The number of hydrogen-bond acceptors (Lipinski definition) is 4. The molecule has 1 heterocycles. The van der Waals surface area contributed by atoms with Gasteiger partial charge in [-0.25, -0.2) is 4.39 Å². The standard InChI is InChI=1S/C30H40FN3O4.C2H2/c1-4-5-6-24(11-14-31)26-18-27(35)34(30(33-26)19-21(2)17-22(3)20-30)16-13-23-7-9-25(10-8-23)29(38)32-15-12-28(36)37;1-2/h5-11,21-22H,4,12-20H2,1-3H3,(H,32,38)(H,36,37);1-2H/b6-5-,24-11+;. The van der Waals surface area contributed by atoms with Gasteiger partial charge >= 0.3 is 5.97 Å². The number of carbonyl (C=O) groups excluding carboxylic acids is 2. The van der Waals surface area contributed by atoms with Gasteiger partial charge in [0.25, 0.3) is 5.91 Å². The molecule has 2 amide bonds. The molecule has 1 aliphatic carbocycles. The molecule has 2 unspecified atom stereocenters. The molecule has 2 aliphatic rings. The van der Waals surface area contributed by atoms with Gasteiger partial charge in [-0.15, -0.1) is 12.8 Å². The van der Waals surface area contributed by atoms with Crippen molar-refractivity contribution in [2.45, 2.75) is 71.4 Å². The van der Waals surface area contributed by atoms with Crippen molar-refractivity contribution in [3.05, 3.63) is 59.2 Å². The van der Waals surface area contributed by atoms with Crippen molar-refractivity contribution in [1.82, 2.24) is 10.2 Å². The molecule has 1 spiro atoms. The van der Waals surface area contributed by atoms with Gasteiger partial charge in [0.2, 0.25) is 5.91 Å². The maximum atomic E-state index is 13.6. The highest BCUT2D eigenvalue weighted by Crippen LogP contribution is 2.43. The minimum absolute atomic E-state index is 0.0142. The average Bonchev–Trinajstić information content (AvgIpc) is 2.91. The number of allylic oxidation sites excluding steroid dienone is 4. The SMILES string of the molecule is C#C.CC/C=C\C(=C/CF)C1=NC2(CC(C)CC(C)C2)N(CCc2ccc(C(=O)NCCC(=O)O)cc2)C(=O)C1. The van der Waals surface area contributed by atoms with Crippen molar-refractivity contribution in [2.75, 3.05) is 19.8 Å². The van der Waals surface area contributed by atoms with E-state index < -0.39 is 18.3 Å². The lowest BCUT2D eigenvalue weighted by Gasteiger charge is -2.50. The summed E-state index contributed by atoms with van der Waals surface area (Å²) in [6.07, 6.45) is 17.5. The van der Waals surface area contributed by atoms with E-state index in [1.165, 1.54) is 6.08 Å². The van der Waals surface area contributed by atoms with E-state index in [9.17, 15) is 18.8 Å². The Labute approximate surface area is 237 Å². The van der Waals surface area contributed by atoms with Crippen LogP contribution in [-0.2, 0) is 16.0 Å². The lowest BCUT2D eigenvalue weighted by atomic mass is 9.74. The fourth-order valence-corrected chi connectivity index (χ4v) is 5.74. The van der Waals surface area contributed by atoms with Gasteiger partial charge in [-0.05, 0) is 73.3 Å². The molecule has 0 bridgehead atoms. The third-order valence-corrected chi connectivity index (χ3v) is 7.25. The minimum Gasteiger partial charge on any atom is -0.481 e. The molecule has 3 rings (SSSR count). The third-order valence-electron chi connectivity index (χ3n) is 7.25. The molecule has 2 N–H and O–H groups in total. The topological polar surface area (TPSA) is 99.1 Å². The fraction of sp³-hybridized carbons (Fsp3) is 0.500. The Morgan fingerprint density at radius 3 is 2.42 bits per heavy atom. The van der Waals surface area contributed by atoms with Crippen molar-refractivity contribution in [3.63, 3.8) is 0 Å². The monoisotopic (exact) mass is 551 g/mol. The highest BCUT2D eigenvalue weighted by molar-refractivity contribution is 6.13. The van der Waals surface area contributed by atoms with Crippen LogP contribution >= 0.6 is 0 Å². The van der Waals surface area contributed by atoms with Gasteiger partial charge < -0.3 is 15.3 Å². The Hall–Kier alpha value is -3.73. The van der Waals surface area contributed by atoms with Gasteiger partial charge in [-0.2, -0.15) is 0 Å². The zero-order valence-corrected chi connectivity index (χ0v) is 23.9. The minimum atomic E-state index is -0.962. The number of carboxylic acid groups (broad SMARTS) is 1. The number of amides is 2. The van der Waals surface area contributed by atoms with E-state index in [-0.39, 0.29) is 31.2 Å². The predicted molar refractivity (Wildman–Crippen MR) is 157 cm³/mol. The van der Waals surface area contributed by atoms with Crippen LogP contribution in [-0.4, -0.2) is 58.9 Å². The number of rotatable bonds is 11. The summed E-state index contributed by atoms with van der Waals surface area (Å²) >= 11 is 0. The van der Waals surface area contributed by atoms with Crippen LogP contribution in [0.15, 0.2) is 53.1 Å². The van der Waals surface area contributed by atoms with Gasteiger partial charge in [-0.3, -0.25) is 19.4 Å². The number of aliphatic carboxylic acids is 1. The number of halogens is 1. The van der Waals surface area contributed by atoms with E-state index >= 15 is 0 Å². The van der Waals surface area contributed by atoms with Crippen LogP contribution in [0.25, 0.3) is 0 Å². The first-order valence-electron chi connectivity index (χ1n) is 13.9. The van der Waals surface area contributed by atoms with Crippen LogP contribution in [0.4, 0.5) is 4.39 Å². The Bertz CT molecular complexity index is 1130. The summed E-state index contributed by atoms with van der Waals surface area (Å²) in [6, 6.07) is 7.17. The number of terminal acetylenes is 1. The van der Waals surface area contributed by atoms with Crippen LogP contribution in [0, 0.1) is 24.7 Å². The molecule has 1 aliphatic heterocycles. The molecule has 1 aromatic carbocycles. The van der Waals surface area contributed by atoms with Gasteiger partial charge in [0.05, 0.1) is 18.6 Å². The van der Waals surface area contributed by atoms with Crippen LogP contribution in [0.2, 0.25) is 0 Å². The first-order chi connectivity index (χ1) is 19.2. The summed E-state index contributed by atoms with van der Waals surface area (Å²) in [5.74, 6) is -0.438. The van der Waals surface area contributed by atoms with Gasteiger partial charge in [0, 0.05) is 18.7 Å². The molecule has 7 nitrogen and oxygen atoms in total. The van der Waals surface area contributed by atoms with E-state index in [0.29, 0.717) is 41.6 Å². The molecule has 2 atom stereocenters. The molecule has 216 valence electrons. The molecule has 1 aromatic rings. The van der Waals surface area contributed by atoms with E-state index in [1.807, 2.05) is 36.1 Å². The van der Waals surface area contributed by atoms with Crippen LogP contribution in [0.5, 0.6) is 0 Å². The van der Waals surface area contributed by atoms with Gasteiger partial charge in [0.15, 0.2) is 0 Å². The number of nitrogens with zero attached hydrogens (tertiary/aromatic N) is 2. The molecule has 0 radical (unpaired) electrons. The number of carbonyl (C=O) groups is 3. The van der Waals surface area contributed by atoms with E-state index in [0.717, 1.165) is 31.2 Å². The number of carboxylic acids is 1. The van der Waals surface area contributed by atoms with Crippen molar-refractivity contribution in [3.8, 4) is 12.8 Å². The third kappa shape index (κ3) is 8.90. The zero-order valence-electron chi connectivity index (χ0n) is 23.9. The largest absolute Gasteiger partial charge is 0.481 e. The average molecular weight is 552 g/mol. The second-order valence-corrected chi connectivity index (χ2v) is 10.6. The number of hydrogen-bond donors (Lipinski definition) is 2. The molecular formula is C32H42FN3O4. The Kier molecular flexibility index (Phi) is 12.8. The molecule has 0 aromatic heterocycles. The van der Waals surface area contributed by atoms with Crippen LogP contribution < -0.4 is 5.32 Å². The molecule has 1 fully saturated rings. The van der Waals surface area contributed by atoms with Crippen molar-refractivity contribution in [2.24, 2.45) is 16.8 Å². The first-order valence-corrected chi connectivity index (χ1v) is 13.9. The number of benzene rings is 1. The zero-order chi connectivity index (χ0) is 29.7. The fourth-order valence-electron chi connectivity index (χ4n) is 5.74. The molecule has 40 heavy (non-hydrogen) atoms. The van der Waals surface area contributed by atoms with Crippen molar-refractivity contribution < 1.29 is 23.9 Å². The first kappa shape index (κ1) is 32.5. The van der Waals surface area contributed by atoms with E-state index in [4.69, 9.17) is 10.1 Å². The summed E-state index contributed by atoms with van der Waals surface area (Å²) in [7, 11) is 0. The summed E-state index contributed by atoms with van der Waals surface area (Å²) in [5, 5.41) is 11.3. The Balaban J connectivity index is 0.00000274. The molecule has 0 saturated heterocycles. The normalized spacial score (nSPS) is 22.9. The second-order valence-electron chi connectivity index (χ2n) is 10.6. The Morgan fingerprint density at radius 1 is 1.20 bits per heavy atom. The van der Waals surface area contributed by atoms with Crippen LogP contribution in [0.3, 0.4) is 0 Å².